The second kappa shape index (κ2) is 9.51. The maximum absolute atomic E-state index is 13.4. The Labute approximate surface area is 192 Å². The van der Waals surface area contributed by atoms with Crippen LogP contribution in [0.3, 0.4) is 0 Å². The van der Waals surface area contributed by atoms with Gasteiger partial charge in [-0.1, -0.05) is 18.2 Å². The standard InChI is InChI=1S/C24H31FN4O2S/c1-15(21-12-16-4-5-18(21)11-16)26-22(30)14-32-24-28-27-23(17-6-8-19(25)9-7-17)29(24)13-20-3-2-10-31-20/h6-9,15-16,18,20-21H,2-5,10-14H2,1H3,(H,26,30)/t15-,16+,18+,20+,21-/m0/s1. The van der Waals surface area contributed by atoms with E-state index in [4.69, 9.17) is 4.74 Å². The molecule has 172 valence electrons. The van der Waals surface area contributed by atoms with Gasteiger partial charge in [0.2, 0.25) is 5.91 Å². The van der Waals surface area contributed by atoms with E-state index in [1.165, 1.54) is 49.6 Å². The van der Waals surface area contributed by atoms with Crippen LogP contribution in [0.1, 0.15) is 45.4 Å². The van der Waals surface area contributed by atoms with E-state index in [1.54, 1.807) is 12.1 Å². The van der Waals surface area contributed by atoms with Crippen LogP contribution in [0, 0.1) is 23.6 Å². The lowest BCUT2D eigenvalue weighted by molar-refractivity contribution is -0.119. The monoisotopic (exact) mass is 458 g/mol. The van der Waals surface area contributed by atoms with Crippen LogP contribution in [-0.2, 0) is 16.1 Å². The number of carbonyl (C=O) groups excluding carboxylic acids is 1. The van der Waals surface area contributed by atoms with Gasteiger partial charge in [-0.2, -0.15) is 0 Å². The average molecular weight is 459 g/mol. The molecule has 0 radical (unpaired) electrons. The Morgan fingerprint density at radius 1 is 1.25 bits per heavy atom. The number of hydrogen-bond acceptors (Lipinski definition) is 5. The second-order valence-corrected chi connectivity index (χ2v) is 10.5. The quantitative estimate of drug-likeness (QED) is 0.598. The molecule has 5 rings (SSSR count). The second-order valence-electron chi connectivity index (χ2n) is 9.54. The third kappa shape index (κ3) is 4.71. The molecule has 1 saturated heterocycles. The molecular weight excluding hydrogens is 427 g/mol. The van der Waals surface area contributed by atoms with Gasteiger partial charge in [0.15, 0.2) is 11.0 Å². The molecule has 2 aromatic rings. The van der Waals surface area contributed by atoms with Crippen LogP contribution >= 0.6 is 11.8 Å². The number of thioether (sulfide) groups is 1. The highest BCUT2D eigenvalue weighted by molar-refractivity contribution is 7.99. The fraction of sp³-hybridized carbons (Fsp3) is 0.625. The Kier molecular flexibility index (Phi) is 6.51. The summed E-state index contributed by atoms with van der Waals surface area (Å²) >= 11 is 1.40. The molecule has 0 spiro atoms. The minimum atomic E-state index is -0.283. The van der Waals surface area contributed by atoms with E-state index in [-0.39, 0.29) is 23.9 Å². The van der Waals surface area contributed by atoms with Gasteiger partial charge < -0.3 is 10.1 Å². The van der Waals surface area contributed by atoms with Crippen LogP contribution in [0.2, 0.25) is 0 Å². The number of amides is 1. The van der Waals surface area contributed by atoms with E-state index in [0.717, 1.165) is 36.8 Å². The molecule has 2 aliphatic carbocycles. The predicted octanol–water partition coefficient (Wildman–Crippen LogP) is 4.30. The molecular formula is C24H31FN4O2S. The first-order valence-corrected chi connectivity index (χ1v) is 12.8. The molecule has 1 aliphatic heterocycles. The Bertz CT molecular complexity index is 944. The first-order valence-electron chi connectivity index (χ1n) is 11.8. The summed E-state index contributed by atoms with van der Waals surface area (Å²) in [4.78, 5) is 12.7. The van der Waals surface area contributed by atoms with Crippen LogP contribution in [0.4, 0.5) is 4.39 Å². The van der Waals surface area contributed by atoms with Crippen molar-refractivity contribution in [2.45, 2.75) is 69.3 Å². The van der Waals surface area contributed by atoms with E-state index in [9.17, 15) is 9.18 Å². The van der Waals surface area contributed by atoms with E-state index < -0.39 is 0 Å². The maximum atomic E-state index is 13.4. The minimum absolute atomic E-state index is 0.0419. The van der Waals surface area contributed by atoms with Gasteiger partial charge in [-0.3, -0.25) is 9.36 Å². The van der Waals surface area contributed by atoms with Crippen LogP contribution < -0.4 is 5.32 Å². The SMILES string of the molecule is C[C@H](NC(=O)CSc1nnc(-c2ccc(F)cc2)n1C[C@H]1CCCO1)[C@@H]1C[C@@H]2CC[C@@H]1C2. The molecule has 3 aliphatic rings. The Hall–Kier alpha value is -1.93. The van der Waals surface area contributed by atoms with E-state index in [1.807, 2.05) is 4.57 Å². The van der Waals surface area contributed by atoms with Gasteiger partial charge in [0.1, 0.15) is 5.82 Å². The molecule has 1 N–H and O–H groups in total. The van der Waals surface area contributed by atoms with E-state index in [2.05, 4.69) is 22.4 Å². The molecule has 2 heterocycles. The number of aromatic nitrogens is 3. The van der Waals surface area contributed by atoms with E-state index in [0.29, 0.717) is 29.2 Å². The van der Waals surface area contributed by atoms with Gasteiger partial charge in [-0.15, -0.1) is 10.2 Å². The van der Waals surface area contributed by atoms with Gasteiger partial charge in [0, 0.05) is 18.2 Å². The zero-order chi connectivity index (χ0) is 22.1. The molecule has 1 aromatic carbocycles. The molecule has 6 nitrogen and oxygen atoms in total. The molecule has 8 heteroatoms. The topological polar surface area (TPSA) is 69.0 Å². The van der Waals surface area contributed by atoms with Crippen molar-refractivity contribution in [3.05, 3.63) is 30.1 Å². The summed E-state index contributed by atoms with van der Waals surface area (Å²) in [6.45, 7) is 3.55. The van der Waals surface area contributed by atoms with Crippen LogP contribution in [0.15, 0.2) is 29.4 Å². The fourth-order valence-corrected chi connectivity index (χ4v) is 6.56. The maximum Gasteiger partial charge on any atom is 0.230 e. The zero-order valence-corrected chi connectivity index (χ0v) is 19.3. The van der Waals surface area contributed by atoms with Gasteiger partial charge in [0.25, 0.3) is 0 Å². The summed E-state index contributed by atoms with van der Waals surface area (Å²) < 4.78 is 21.2. The van der Waals surface area contributed by atoms with Crippen molar-refractivity contribution < 1.29 is 13.9 Å². The Morgan fingerprint density at radius 2 is 2.09 bits per heavy atom. The first kappa shape index (κ1) is 21.9. The minimum Gasteiger partial charge on any atom is -0.376 e. The Balaban J connectivity index is 1.25. The third-order valence-electron chi connectivity index (χ3n) is 7.39. The van der Waals surface area contributed by atoms with Crippen LogP contribution in [0.5, 0.6) is 0 Å². The fourth-order valence-electron chi connectivity index (χ4n) is 5.80. The van der Waals surface area contributed by atoms with Gasteiger partial charge in [-0.25, -0.2) is 4.39 Å². The highest BCUT2D eigenvalue weighted by Crippen LogP contribution is 2.49. The van der Waals surface area contributed by atoms with E-state index >= 15 is 0 Å². The lowest BCUT2D eigenvalue weighted by Crippen LogP contribution is -2.41. The Morgan fingerprint density at radius 3 is 2.78 bits per heavy atom. The number of hydrogen-bond donors (Lipinski definition) is 1. The number of benzene rings is 1. The zero-order valence-electron chi connectivity index (χ0n) is 18.5. The number of nitrogens with one attached hydrogen (secondary N) is 1. The normalized spacial score (nSPS) is 27.7. The molecule has 2 saturated carbocycles. The summed E-state index contributed by atoms with van der Waals surface area (Å²) in [5, 5.41) is 12.7. The van der Waals surface area contributed by atoms with Crippen molar-refractivity contribution in [3.63, 3.8) is 0 Å². The van der Waals surface area contributed by atoms with Gasteiger partial charge >= 0.3 is 0 Å². The van der Waals surface area contributed by atoms with Crippen LogP contribution in [-0.4, -0.2) is 45.2 Å². The first-order chi connectivity index (χ1) is 15.6. The molecule has 5 atom stereocenters. The van der Waals surface area contributed by atoms with Crippen molar-refractivity contribution in [2.24, 2.45) is 17.8 Å². The molecule has 32 heavy (non-hydrogen) atoms. The van der Waals surface area contributed by atoms with Crippen molar-refractivity contribution >= 4 is 17.7 Å². The number of carbonyl (C=O) groups is 1. The molecule has 1 aromatic heterocycles. The number of halogens is 1. The summed E-state index contributed by atoms with van der Waals surface area (Å²) in [5.74, 6) is 3.03. The van der Waals surface area contributed by atoms with Crippen molar-refractivity contribution in [1.82, 2.24) is 20.1 Å². The summed E-state index contributed by atoms with van der Waals surface area (Å²) in [5.41, 5.74) is 0.804. The van der Waals surface area contributed by atoms with Gasteiger partial charge in [-0.05, 0) is 81.0 Å². The number of fused-ring (bicyclic) bond motifs is 2. The predicted molar refractivity (Wildman–Crippen MR) is 122 cm³/mol. The summed E-state index contributed by atoms with van der Waals surface area (Å²) in [7, 11) is 0. The largest absolute Gasteiger partial charge is 0.376 e. The summed E-state index contributed by atoms with van der Waals surface area (Å²) in [6, 6.07) is 6.50. The average Bonchev–Trinajstić information content (AvgIpc) is 3.59. The number of ether oxygens (including phenoxy) is 1. The molecule has 0 unspecified atom stereocenters. The lowest BCUT2D eigenvalue weighted by Gasteiger charge is -2.28. The highest BCUT2D eigenvalue weighted by Gasteiger charge is 2.42. The van der Waals surface area contributed by atoms with Gasteiger partial charge in [0.05, 0.1) is 18.4 Å². The van der Waals surface area contributed by atoms with Crippen molar-refractivity contribution in [2.75, 3.05) is 12.4 Å². The number of nitrogens with zero attached hydrogens (tertiary/aromatic N) is 3. The smallest absolute Gasteiger partial charge is 0.230 e. The molecule has 3 fully saturated rings. The lowest BCUT2D eigenvalue weighted by atomic mass is 9.84. The van der Waals surface area contributed by atoms with Crippen LogP contribution in [0.25, 0.3) is 11.4 Å². The van der Waals surface area contributed by atoms with Crippen molar-refractivity contribution in [1.29, 1.82) is 0 Å². The third-order valence-corrected chi connectivity index (χ3v) is 8.35. The highest BCUT2D eigenvalue weighted by atomic mass is 32.2. The molecule has 2 bridgehead atoms. The van der Waals surface area contributed by atoms with Crippen molar-refractivity contribution in [3.8, 4) is 11.4 Å². The number of rotatable bonds is 8. The summed E-state index contributed by atoms with van der Waals surface area (Å²) in [6.07, 6.45) is 7.44. The molecule has 1 amide bonds.